The zero-order valence-corrected chi connectivity index (χ0v) is 17.6. The standard InChI is InChI=1S/C19H15Cl3N4OS/c1-2-9-26-18(15-8-5-13(21)10-16(15)22)24-25-19(26)28-11-17(27)23-14-6-3-12(20)4-7-14/h2-8,10H,1,9,11H2,(H,23,27). The Kier molecular flexibility index (Phi) is 7.02. The second-order valence-electron chi connectivity index (χ2n) is 5.67. The normalized spacial score (nSPS) is 10.7. The monoisotopic (exact) mass is 452 g/mol. The van der Waals surface area contributed by atoms with Crippen molar-refractivity contribution >= 4 is 58.2 Å². The topological polar surface area (TPSA) is 59.8 Å². The second-order valence-corrected chi connectivity index (χ2v) is 7.90. The van der Waals surface area contributed by atoms with Crippen LogP contribution in [0.2, 0.25) is 15.1 Å². The smallest absolute Gasteiger partial charge is 0.234 e. The van der Waals surface area contributed by atoms with Crippen molar-refractivity contribution in [2.45, 2.75) is 11.7 Å². The van der Waals surface area contributed by atoms with E-state index >= 15 is 0 Å². The Morgan fingerprint density at radius 1 is 1.11 bits per heavy atom. The summed E-state index contributed by atoms with van der Waals surface area (Å²) in [7, 11) is 0. The van der Waals surface area contributed by atoms with Gasteiger partial charge in [0.15, 0.2) is 11.0 Å². The molecule has 0 aliphatic carbocycles. The largest absolute Gasteiger partial charge is 0.325 e. The molecule has 3 aromatic rings. The Hall–Kier alpha value is -1.99. The Morgan fingerprint density at radius 2 is 1.82 bits per heavy atom. The molecule has 1 aromatic heterocycles. The van der Waals surface area contributed by atoms with Crippen molar-refractivity contribution in [1.82, 2.24) is 14.8 Å². The summed E-state index contributed by atoms with van der Waals surface area (Å²) in [5.41, 5.74) is 1.38. The van der Waals surface area contributed by atoms with Crippen molar-refractivity contribution in [2.75, 3.05) is 11.1 Å². The fourth-order valence-corrected chi connectivity index (χ4v) is 3.79. The average molecular weight is 454 g/mol. The summed E-state index contributed by atoms with van der Waals surface area (Å²) in [5.74, 6) is 0.598. The number of anilines is 1. The molecule has 3 rings (SSSR count). The molecule has 0 fully saturated rings. The first-order valence-corrected chi connectivity index (χ1v) is 10.3. The first-order valence-electron chi connectivity index (χ1n) is 8.15. The van der Waals surface area contributed by atoms with Crippen molar-refractivity contribution in [3.05, 3.63) is 70.2 Å². The van der Waals surface area contributed by atoms with E-state index in [9.17, 15) is 4.79 Å². The SMILES string of the molecule is C=CCn1c(SCC(=O)Nc2ccc(Cl)cc2)nnc1-c1ccc(Cl)cc1Cl. The third kappa shape index (κ3) is 5.08. The van der Waals surface area contributed by atoms with Gasteiger partial charge in [0.1, 0.15) is 0 Å². The lowest BCUT2D eigenvalue weighted by Crippen LogP contribution is -2.14. The summed E-state index contributed by atoms with van der Waals surface area (Å²) in [6, 6.07) is 12.1. The van der Waals surface area contributed by atoms with E-state index in [0.717, 1.165) is 0 Å². The second kappa shape index (κ2) is 9.47. The zero-order chi connectivity index (χ0) is 20.1. The van der Waals surface area contributed by atoms with Gasteiger partial charge in [0, 0.05) is 27.8 Å². The van der Waals surface area contributed by atoms with Gasteiger partial charge in [0.05, 0.1) is 10.8 Å². The molecule has 144 valence electrons. The number of nitrogens with zero attached hydrogens (tertiary/aromatic N) is 3. The summed E-state index contributed by atoms with van der Waals surface area (Å²) in [5, 5.41) is 13.5. The van der Waals surface area contributed by atoms with Crippen LogP contribution in [-0.2, 0) is 11.3 Å². The predicted molar refractivity (Wildman–Crippen MR) is 116 cm³/mol. The molecule has 0 unspecified atom stereocenters. The Balaban J connectivity index is 1.75. The minimum atomic E-state index is -0.161. The van der Waals surface area contributed by atoms with Crippen LogP contribution in [-0.4, -0.2) is 26.4 Å². The maximum atomic E-state index is 12.2. The molecule has 0 aliphatic heterocycles. The number of thioether (sulfide) groups is 1. The first-order chi connectivity index (χ1) is 13.5. The van der Waals surface area contributed by atoms with Gasteiger partial charge in [-0.05, 0) is 42.5 Å². The van der Waals surface area contributed by atoms with Gasteiger partial charge in [-0.25, -0.2) is 0 Å². The fourth-order valence-electron chi connectivity index (χ4n) is 2.42. The van der Waals surface area contributed by atoms with Gasteiger partial charge in [-0.3, -0.25) is 9.36 Å². The summed E-state index contributed by atoms with van der Waals surface area (Å²) in [6.07, 6.45) is 1.73. The van der Waals surface area contributed by atoms with Gasteiger partial charge in [-0.2, -0.15) is 0 Å². The molecule has 0 bridgehead atoms. The molecule has 0 saturated carbocycles. The highest BCUT2D eigenvalue weighted by Crippen LogP contribution is 2.31. The fraction of sp³-hybridized carbons (Fsp3) is 0.105. The summed E-state index contributed by atoms with van der Waals surface area (Å²) in [4.78, 5) is 12.2. The van der Waals surface area contributed by atoms with E-state index in [1.54, 1.807) is 48.5 Å². The number of benzene rings is 2. The molecular weight excluding hydrogens is 439 g/mol. The van der Waals surface area contributed by atoms with E-state index in [4.69, 9.17) is 34.8 Å². The highest BCUT2D eigenvalue weighted by atomic mass is 35.5. The number of aromatic nitrogens is 3. The van der Waals surface area contributed by atoms with Crippen LogP contribution >= 0.6 is 46.6 Å². The van der Waals surface area contributed by atoms with Crippen molar-refractivity contribution in [3.8, 4) is 11.4 Å². The maximum Gasteiger partial charge on any atom is 0.234 e. The lowest BCUT2D eigenvalue weighted by molar-refractivity contribution is -0.113. The Morgan fingerprint density at radius 3 is 2.50 bits per heavy atom. The van der Waals surface area contributed by atoms with Crippen LogP contribution in [0.5, 0.6) is 0 Å². The number of hydrogen-bond donors (Lipinski definition) is 1. The molecule has 0 spiro atoms. The van der Waals surface area contributed by atoms with Crippen LogP contribution in [0.25, 0.3) is 11.4 Å². The number of allylic oxidation sites excluding steroid dienone is 1. The van der Waals surface area contributed by atoms with Gasteiger partial charge in [0.2, 0.25) is 5.91 Å². The van der Waals surface area contributed by atoms with Crippen LogP contribution in [0, 0.1) is 0 Å². The number of carbonyl (C=O) groups excluding carboxylic acids is 1. The lowest BCUT2D eigenvalue weighted by Gasteiger charge is -2.09. The molecule has 1 N–H and O–H groups in total. The number of rotatable bonds is 7. The lowest BCUT2D eigenvalue weighted by atomic mass is 10.2. The number of hydrogen-bond acceptors (Lipinski definition) is 4. The van der Waals surface area contributed by atoms with Gasteiger partial charge in [-0.15, -0.1) is 16.8 Å². The van der Waals surface area contributed by atoms with Crippen molar-refractivity contribution in [1.29, 1.82) is 0 Å². The minimum Gasteiger partial charge on any atom is -0.325 e. The molecule has 1 heterocycles. The van der Waals surface area contributed by atoms with Crippen LogP contribution in [0.3, 0.4) is 0 Å². The van der Waals surface area contributed by atoms with E-state index in [1.807, 2.05) is 4.57 Å². The van der Waals surface area contributed by atoms with E-state index in [2.05, 4.69) is 22.1 Å². The highest BCUT2D eigenvalue weighted by molar-refractivity contribution is 7.99. The van der Waals surface area contributed by atoms with E-state index < -0.39 is 0 Å². The van der Waals surface area contributed by atoms with Gasteiger partial charge in [-0.1, -0.05) is 52.6 Å². The Labute approximate surface area is 181 Å². The molecule has 2 aromatic carbocycles. The maximum absolute atomic E-state index is 12.2. The minimum absolute atomic E-state index is 0.161. The van der Waals surface area contributed by atoms with Crippen LogP contribution in [0.4, 0.5) is 5.69 Å². The third-order valence-corrected chi connectivity index (χ3v) is 5.43. The van der Waals surface area contributed by atoms with Crippen LogP contribution in [0.15, 0.2) is 60.3 Å². The molecule has 0 radical (unpaired) electrons. The van der Waals surface area contributed by atoms with Gasteiger partial charge >= 0.3 is 0 Å². The molecule has 5 nitrogen and oxygen atoms in total. The average Bonchev–Trinajstić information content (AvgIpc) is 3.05. The van der Waals surface area contributed by atoms with E-state index in [1.165, 1.54) is 11.8 Å². The highest BCUT2D eigenvalue weighted by Gasteiger charge is 2.17. The van der Waals surface area contributed by atoms with Gasteiger partial charge < -0.3 is 5.32 Å². The molecule has 9 heteroatoms. The van der Waals surface area contributed by atoms with Crippen molar-refractivity contribution in [2.24, 2.45) is 0 Å². The van der Waals surface area contributed by atoms with Crippen molar-refractivity contribution in [3.63, 3.8) is 0 Å². The molecular formula is C19H15Cl3N4OS. The summed E-state index contributed by atoms with van der Waals surface area (Å²) >= 11 is 19.4. The predicted octanol–water partition coefficient (Wildman–Crippen LogP) is 5.82. The Bertz CT molecular complexity index is 1000. The molecule has 0 aliphatic rings. The number of amides is 1. The van der Waals surface area contributed by atoms with Gasteiger partial charge in [0.25, 0.3) is 0 Å². The van der Waals surface area contributed by atoms with Crippen LogP contribution < -0.4 is 5.32 Å². The molecule has 0 atom stereocenters. The summed E-state index contributed by atoms with van der Waals surface area (Å²) < 4.78 is 1.85. The number of carbonyl (C=O) groups is 1. The molecule has 1 amide bonds. The first kappa shape index (κ1) is 20.7. The van der Waals surface area contributed by atoms with Crippen molar-refractivity contribution < 1.29 is 4.79 Å². The number of halogens is 3. The molecule has 28 heavy (non-hydrogen) atoms. The molecule has 0 saturated heterocycles. The van der Waals surface area contributed by atoms with E-state index in [-0.39, 0.29) is 11.7 Å². The summed E-state index contributed by atoms with van der Waals surface area (Å²) in [6.45, 7) is 4.25. The van der Waals surface area contributed by atoms with Crippen LogP contribution in [0.1, 0.15) is 0 Å². The third-order valence-electron chi connectivity index (χ3n) is 3.66. The quantitative estimate of drug-likeness (QED) is 0.361. The van der Waals surface area contributed by atoms with E-state index in [0.29, 0.717) is 43.8 Å². The zero-order valence-electron chi connectivity index (χ0n) is 14.5. The number of nitrogens with one attached hydrogen (secondary N) is 1.